The minimum Gasteiger partial charge on any atom is -0.436 e. The van der Waals surface area contributed by atoms with Crippen molar-refractivity contribution >= 4 is 11.6 Å². The lowest BCUT2D eigenvalue weighted by molar-refractivity contribution is 0.427. The van der Waals surface area contributed by atoms with Crippen molar-refractivity contribution in [3.63, 3.8) is 0 Å². The maximum Gasteiger partial charge on any atom is 0.219 e. The van der Waals surface area contributed by atoms with Gasteiger partial charge >= 0.3 is 0 Å². The standard InChI is InChI=1S/C13H12ClFN2O/c1-8(16)9-5-6-12(17-7-9)18-11-4-2-3-10(14)13(11)15/h2-8H,16H2,1H3/t8-/m0/s1. The molecule has 0 bridgehead atoms. The molecule has 94 valence electrons. The summed E-state index contributed by atoms with van der Waals surface area (Å²) < 4.78 is 18.9. The van der Waals surface area contributed by atoms with Crippen molar-refractivity contribution in [2.45, 2.75) is 13.0 Å². The molecule has 0 saturated heterocycles. The van der Waals surface area contributed by atoms with E-state index in [4.69, 9.17) is 22.1 Å². The average Bonchev–Trinajstić information content (AvgIpc) is 2.36. The van der Waals surface area contributed by atoms with Gasteiger partial charge in [-0.1, -0.05) is 23.7 Å². The molecule has 0 unspecified atom stereocenters. The Morgan fingerprint density at radius 2 is 2.11 bits per heavy atom. The Morgan fingerprint density at radius 1 is 1.33 bits per heavy atom. The van der Waals surface area contributed by atoms with E-state index in [1.807, 2.05) is 6.92 Å². The first-order valence-corrected chi connectivity index (χ1v) is 5.79. The van der Waals surface area contributed by atoms with Crippen LogP contribution in [0.1, 0.15) is 18.5 Å². The first-order valence-electron chi connectivity index (χ1n) is 5.41. The lowest BCUT2D eigenvalue weighted by Gasteiger charge is -2.08. The second kappa shape index (κ2) is 5.33. The van der Waals surface area contributed by atoms with Crippen LogP contribution in [-0.2, 0) is 0 Å². The van der Waals surface area contributed by atoms with Gasteiger partial charge < -0.3 is 10.5 Å². The smallest absolute Gasteiger partial charge is 0.219 e. The third kappa shape index (κ3) is 2.78. The molecule has 0 aliphatic carbocycles. The zero-order valence-corrected chi connectivity index (χ0v) is 10.5. The maximum absolute atomic E-state index is 13.6. The van der Waals surface area contributed by atoms with Gasteiger partial charge in [-0.3, -0.25) is 0 Å². The molecule has 0 fully saturated rings. The summed E-state index contributed by atoms with van der Waals surface area (Å²) in [6.45, 7) is 1.86. The Balaban J connectivity index is 2.21. The van der Waals surface area contributed by atoms with Gasteiger partial charge in [0.15, 0.2) is 11.6 Å². The molecule has 1 atom stereocenters. The lowest BCUT2D eigenvalue weighted by atomic mass is 10.2. The number of aromatic nitrogens is 1. The second-order valence-electron chi connectivity index (χ2n) is 3.87. The average molecular weight is 267 g/mol. The highest BCUT2D eigenvalue weighted by atomic mass is 35.5. The van der Waals surface area contributed by atoms with Crippen LogP contribution < -0.4 is 10.5 Å². The number of benzene rings is 1. The molecule has 1 aromatic heterocycles. The summed E-state index contributed by atoms with van der Waals surface area (Å²) in [5.74, 6) is -0.263. The minimum absolute atomic E-state index is 0.0136. The Bertz CT molecular complexity index is 543. The maximum atomic E-state index is 13.6. The zero-order chi connectivity index (χ0) is 13.1. The van der Waals surface area contributed by atoms with Crippen LogP contribution in [0.4, 0.5) is 4.39 Å². The number of pyridine rings is 1. The predicted molar refractivity (Wildman–Crippen MR) is 68.3 cm³/mol. The SMILES string of the molecule is C[C@H](N)c1ccc(Oc2cccc(Cl)c2F)nc1. The lowest BCUT2D eigenvalue weighted by Crippen LogP contribution is -2.05. The van der Waals surface area contributed by atoms with Crippen LogP contribution in [0.2, 0.25) is 5.02 Å². The number of halogens is 2. The van der Waals surface area contributed by atoms with Crippen molar-refractivity contribution in [3.8, 4) is 11.6 Å². The molecule has 2 rings (SSSR count). The van der Waals surface area contributed by atoms with E-state index in [9.17, 15) is 4.39 Å². The van der Waals surface area contributed by atoms with Crippen LogP contribution >= 0.6 is 11.6 Å². The summed E-state index contributed by atoms with van der Waals surface area (Å²) >= 11 is 5.65. The van der Waals surface area contributed by atoms with Crippen LogP contribution in [0.5, 0.6) is 11.6 Å². The van der Waals surface area contributed by atoms with E-state index in [0.29, 0.717) is 5.88 Å². The topological polar surface area (TPSA) is 48.1 Å². The van der Waals surface area contributed by atoms with Crippen molar-refractivity contribution in [2.75, 3.05) is 0 Å². The Labute approximate surface area is 109 Å². The van der Waals surface area contributed by atoms with Crippen molar-refractivity contribution < 1.29 is 9.13 Å². The van der Waals surface area contributed by atoms with Crippen molar-refractivity contribution in [2.24, 2.45) is 5.73 Å². The highest BCUT2D eigenvalue weighted by Gasteiger charge is 2.09. The molecule has 1 heterocycles. The molecule has 18 heavy (non-hydrogen) atoms. The third-order valence-electron chi connectivity index (χ3n) is 2.42. The van der Waals surface area contributed by atoms with E-state index in [1.54, 1.807) is 24.4 Å². The zero-order valence-electron chi connectivity index (χ0n) is 9.73. The van der Waals surface area contributed by atoms with Gasteiger partial charge in [-0.15, -0.1) is 0 Å². The second-order valence-corrected chi connectivity index (χ2v) is 4.28. The van der Waals surface area contributed by atoms with Crippen LogP contribution in [0.25, 0.3) is 0 Å². The van der Waals surface area contributed by atoms with Crippen molar-refractivity contribution in [3.05, 3.63) is 52.9 Å². The van der Waals surface area contributed by atoms with E-state index in [2.05, 4.69) is 4.98 Å². The van der Waals surface area contributed by atoms with Crippen molar-refractivity contribution in [1.29, 1.82) is 0 Å². The molecular weight excluding hydrogens is 255 g/mol. The van der Waals surface area contributed by atoms with E-state index in [1.165, 1.54) is 12.1 Å². The minimum atomic E-state index is -0.600. The first kappa shape index (κ1) is 12.8. The number of ether oxygens (including phenoxy) is 1. The number of nitrogens with two attached hydrogens (primary N) is 1. The number of nitrogens with zero attached hydrogens (tertiary/aromatic N) is 1. The summed E-state index contributed by atoms with van der Waals surface area (Å²) in [7, 11) is 0. The summed E-state index contributed by atoms with van der Waals surface area (Å²) in [5, 5.41) is 0.0136. The third-order valence-corrected chi connectivity index (χ3v) is 2.71. The summed E-state index contributed by atoms with van der Waals surface area (Å²) in [5.41, 5.74) is 6.59. The molecule has 0 aliphatic heterocycles. The van der Waals surface area contributed by atoms with Gasteiger partial charge in [-0.05, 0) is 24.6 Å². The molecule has 0 spiro atoms. The monoisotopic (exact) mass is 266 g/mol. The van der Waals surface area contributed by atoms with Gasteiger partial charge in [0.1, 0.15) is 0 Å². The van der Waals surface area contributed by atoms with Gasteiger partial charge in [-0.25, -0.2) is 9.37 Å². The molecule has 2 aromatic rings. The highest BCUT2D eigenvalue weighted by molar-refractivity contribution is 6.30. The van der Waals surface area contributed by atoms with Gasteiger partial charge in [0.05, 0.1) is 5.02 Å². The summed E-state index contributed by atoms with van der Waals surface area (Å²) in [4.78, 5) is 4.05. The molecule has 5 heteroatoms. The van der Waals surface area contributed by atoms with Gasteiger partial charge in [-0.2, -0.15) is 0 Å². The van der Waals surface area contributed by atoms with Crippen molar-refractivity contribution in [1.82, 2.24) is 4.98 Å². The molecule has 2 N–H and O–H groups in total. The first-order chi connectivity index (χ1) is 8.58. The normalized spacial score (nSPS) is 12.2. The molecule has 0 aliphatic rings. The van der Waals surface area contributed by atoms with E-state index >= 15 is 0 Å². The highest BCUT2D eigenvalue weighted by Crippen LogP contribution is 2.27. The number of hydrogen-bond donors (Lipinski definition) is 1. The van der Waals surface area contributed by atoms with Crippen LogP contribution in [0, 0.1) is 5.82 Å². The summed E-state index contributed by atoms with van der Waals surface area (Å²) in [6.07, 6.45) is 1.60. The van der Waals surface area contributed by atoms with E-state index in [-0.39, 0.29) is 16.8 Å². The molecule has 3 nitrogen and oxygen atoms in total. The van der Waals surface area contributed by atoms with Gasteiger partial charge in [0.25, 0.3) is 0 Å². The molecule has 0 radical (unpaired) electrons. The largest absolute Gasteiger partial charge is 0.436 e. The van der Waals surface area contributed by atoms with Gasteiger partial charge in [0.2, 0.25) is 5.88 Å². The Morgan fingerprint density at radius 3 is 2.72 bits per heavy atom. The van der Waals surface area contributed by atoms with Crippen LogP contribution in [0.3, 0.4) is 0 Å². The number of rotatable bonds is 3. The molecular formula is C13H12ClFN2O. The summed E-state index contributed by atoms with van der Waals surface area (Å²) in [6, 6.07) is 7.87. The fraction of sp³-hybridized carbons (Fsp3) is 0.154. The molecule has 0 amide bonds. The van der Waals surface area contributed by atoms with E-state index < -0.39 is 5.82 Å². The quantitative estimate of drug-likeness (QED) is 0.922. The van der Waals surface area contributed by atoms with Crippen LogP contribution in [0.15, 0.2) is 36.5 Å². The fourth-order valence-electron chi connectivity index (χ4n) is 1.40. The van der Waals surface area contributed by atoms with Gasteiger partial charge in [0, 0.05) is 18.3 Å². The Hall–Kier alpha value is -1.65. The molecule has 0 saturated carbocycles. The Kier molecular flexibility index (Phi) is 3.79. The van der Waals surface area contributed by atoms with Crippen LogP contribution in [-0.4, -0.2) is 4.98 Å². The predicted octanol–water partition coefficient (Wildman–Crippen LogP) is 3.69. The fourth-order valence-corrected chi connectivity index (χ4v) is 1.56. The molecule has 1 aromatic carbocycles. The van der Waals surface area contributed by atoms with E-state index in [0.717, 1.165) is 5.56 Å². The number of hydrogen-bond acceptors (Lipinski definition) is 3.